The van der Waals surface area contributed by atoms with Crippen LogP contribution in [0, 0.1) is 23.2 Å². The monoisotopic (exact) mass is 486 g/mol. The van der Waals surface area contributed by atoms with Gasteiger partial charge in [-0.05, 0) is 73.5 Å². The number of aromatic nitrogens is 1. The van der Waals surface area contributed by atoms with Crippen LogP contribution in [0.25, 0.3) is 10.9 Å². The van der Waals surface area contributed by atoms with Gasteiger partial charge >= 0.3 is 12.1 Å². The fourth-order valence-electron chi connectivity index (χ4n) is 7.41. The van der Waals surface area contributed by atoms with E-state index >= 15 is 0 Å². The van der Waals surface area contributed by atoms with Crippen molar-refractivity contribution in [1.29, 1.82) is 0 Å². The Morgan fingerprint density at radius 3 is 2.31 bits per heavy atom. The van der Waals surface area contributed by atoms with E-state index in [1.54, 1.807) is 0 Å². The molecule has 1 heterocycles. The van der Waals surface area contributed by atoms with Crippen LogP contribution >= 0.6 is 0 Å². The molecule has 4 fully saturated rings. The minimum absolute atomic E-state index is 0.131. The number of benzene rings is 2. The molecule has 2 aromatic carbocycles. The Bertz CT molecular complexity index is 1200. The number of nitrogens with one attached hydrogen (secondary N) is 2. The molecule has 4 bridgehead atoms. The number of amides is 1. The van der Waals surface area contributed by atoms with E-state index in [0.29, 0.717) is 13.0 Å². The third-order valence-electron chi connectivity index (χ3n) is 8.57. The second kappa shape index (κ2) is 9.64. The molecular weight excluding hydrogens is 452 g/mol. The van der Waals surface area contributed by atoms with Crippen molar-refractivity contribution < 1.29 is 19.1 Å². The molecule has 2 N–H and O–H groups in total. The first kappa shape index (κ1) is 23.1. The number of rotatable bonds is 8. The van der Waals surface area contributed by atoms with E-state index in [1.807, 2.05) is 60.8 Å². The highest BCUT2D eigenvalue weighted by atomic mass is 16.6. The van der Waals surface area contributed by atoms with E-state index in [9.17, 15) is 9.59 Å². The summed E-state index contributed by atoms with van der Waals surface area (Å²) in [6.45, 7) is 0.606. The average Bonchev–Trinajstić information content (AvgIpc) is 3.28. The van der Waals surface area contributed by atoms with Gasteiger partial charge in [0.25, 0.3) is 0 Å². The van der Waals surface area contributed by atoms with E-state index in [2.05, 4.69) is 10.3 Å². The summed E-state index contributed by atoms with van der Waals surface area (Å²) < 4.78 is 11.4. The molecule has 6 nitrogen and oxygen atoms in total. The van der Waals surface area contributed by atoms with Gasteiger partial charge in [-0.25, -0.2) is 9.59 Å². The lowest BCUT2D eigenvalue weighted by atomic mass is 9.50. The average molecular weight is 487 g/mol. The highest BCUT2D eigenvalue weighted by Gasteiger charge is 2.51. The molecule has 1 aromatic heterocycles. The molecule has 3 aromatic rings. The molecule has 36 heavy (non-hydrogen) atoms. The summed E-state index contributed by atoms with van der Waals surface area (Å²) in [7, 11) is 0. The quantitative estimate of drug-likeness (QED) is 0.397. The summed E-state index contributed by atoms with van der Waals surface area (Å²) in [6.07, 6.45) is 9.25. The molecule has 0 radical (unpaired) electrons. The first-order valence-corrected chi connectivity index (χ1v) is 13.2. The molecule has 0 saturated heterocycles. The summed E-state index contributed by atoms with van der Waals surface area (Å²) in [5.41, 5.74) is 2.98. The lowest BCUT2D eigenvalue weighted by molar-refractivity contribution is -0.147. The predicted molar refractivity (Wildman–Crippen MR) is 137 cm³/mol. The number of fused-ring (bicyclic) bond motifs is 1. The number of carbonyl (C=O) groups is 2. The number of hydrogen-bond acceptors (Lipinski definition) is 4. The van der Waals surface area contributed by atoms with Crippen LogP contribution in [0.5, 0.6) is 0 Å². The van der Waals surface area contributed by atoms with Gasteiger partial charge in [-0.1, -0.05) is 48.5 Å². The Balaban J connectivity index is 1.13. The molecule has 4 aliphatic carbocycles. The maximum absolute atomic E-state index is 13.1. The Morgan fingerprint density at radius 1 is 0.917 bits per heavy atom. The third kappa shape index (κ3) is 4.86. The van der Waals surface area contributed by atoms with E-state index < -0.39 is 18.1 Å². The van der Waals surface area contributed by atoms with Crippen LogP contribution < -0.4 is 5.32 Å². The number of esters is 1. The Hall–Kier alpha value is -3.28. The molecule has 0 aliphatic heterocycles. The van der Waals surface area contributed by atoms with E-state index in [0.717, 1.165) is 39.8 Å². The number of ether oxygens (including phenoxy) is 2. The van der Waals surface area contributed by atoms with Gasteiger partial charge in [0.05, 0.1) is 6.61 Å². The van der Waals surface area contributed by atoms with Crippen molar-refractivity contribution in [2.75, 3.05) is 6.61 Å². The topological polar surface area (TPSA) is 80.4 Å². The molecule has 1 atom stereocenters. The van der Waals surface area contributed by atoms with Crippen molar-refractivity contribution in [1.82, 2.24) is 10.3 Å². The number of carbonyl (C=O) groups excluding carboxylic acids is 2. The molecule has 188 valence electrons. The van der Waals surface area contributed by atoms with Gasteiger partial charge in [-0.2, -0.15) is 0 Å². The fraction of sp³-hybridized carbons (Fsp3) is 0.467. The SMILES string of the molecule is O=C(NC(Cc1c[nH]c2ccccc12)C(=O)OCc1ccccc1)OCC12CC3CC(CC(C3)C1)C2. The first-order chi connectivity index (χ1) is 17.6. The number of H-pyrrole nitrogens is 1. The molecule has 4 saturated carbocycles. The van der Waals surface area contributed by atoms with E-state index in [4.69, 9.17) is 9.47 Å². The number of hydrogen-bond donors (Lipinski definition) is 2. The zero-order valence-corrected chi connectivity index (χ0v) is 20.6. The van der Waals surface area contributed by atoms with Crippen LogP contribution in [0.1, 0.15) is 49.7 Å². The normalized spacial score (nSPS) is 27.1. The summed E-state index contributed by atoms with van der Waals surface area (Å²) >= 11 is 0. The van der Waals surface area contributed by atoms with Gasteiger partial charge in [-0.15, -0.1) is 0 Å². The van der Waals surface area contributed by atoms with Crippen molar-refractivity contribution >= 4 is 23.0 Å². The van der Waals surface area contributed by atoms with Gasteiger partial charge in [0, 0.05) is 28.9 Å². The summed E-state index contributed by atoms with van der Waals surface area (Å²) in [5.74, 6) is 1.93. The second-order valence-corrected chi connectivity index (χ2v) is 11.3. The lowest BCUT2D eigenvalue weighted by Gasteiger charge is -2.56. The zero-order chi connectivity index (χ0) is 24.5. The van der Waals surface area contributed by atoms with Crippen molar-refractivity contribution in [3.63, 3.8) is 0 Å². The van der Waals surface area contributed by atoms with Crippen LogP contribution in [0.2, 0.25) is 0 Å². The highest BCUT2D eigenvalue weighted by Crippen LogP contribution is 2.60. The molecule has 0 spiro atoms. The fourth-order valence-corrected chi connectivity index (χ4v) is 7.41. The van der Waals surface area contributed by atoms with Crippen LogP contribution in [0.15, 0.2) is 60.8 Å². The van der Waals surface area contributed by atoms with Crippen molar-refractivity contribution in [3.05, 3.63) is 71.9 Å². The molecule has 4 aliphatic rings. The van der Waals surface area contributed by atoms with Crippen LogP contribution in [0.3, 0.4) is 0 Å². The molecule has 1 unspecified atom stereocenters. The minimum Gasteiger partial charge on any atom is -0.459 e. The summed E-state index contributed by atoms with van der Waals surface area (Å²) in [5, 5.41) is 3.87. The van der Waals surface area contributed by atoms with Crippen molar-refractivity contribution in [2.24, 2.45) is 23.2 Å². The Morgan fingerprint density at radius 2 is 1.58 bits per heavy atom. The minimum atomic E-state index is -0.836. The van der Waals surface area contributed by atoms with Gasteiger partial charge in [0.2, 0.25) is 0 Å². The van der Waals surface area contributed by atoms with Crippen molar-refractivity contribution in [2.45, 2.75) is 57.6 Å². The first-order valence-electron chi connectivity index (χ1n) is 13.2. The number of alkyl carbamates (subject to hydrolysis) is 1. The van der Waals surface area contributed by atoms with Gasteiger partial charge in [0.15, 0.2) is 0 Å². The molecule has 1 amide bonds. The second-order valence-electron chi connectivity index (χ2n) is 11.3. The van der Waals surface area contributed by atoms with Crippen molar-refractivity contribution in [3.8, 4) is 0 Å². The van der Waals surface area contributed by atoms with Gasteiger partial charge in [-0.3, -0.25) is 0 Å². The lowest BCUT2D eigenvalue weighted by Crippen LogP contribution is -2.49. The predicted octanol–water partition coefficient (Wildman–Crippen LogP) is 5.77. The zero-order valence-electron chi connectivity index (χ0n) is 20.6. The molecule has 7 rings (SSSR count). The third-order valence-corrected chi connectivity index (χ3v) is 8.57. The van der Waals surface area contributed by atoms with Gasteiger partial charge < -0.3 is 19.8 Å². The van der Waals surface area contributed by atoms with Gasteiger partial charge in [0.1, 0.15) is 12.6 Å². The molecular formula is C30H34N2O4. The summed E-state index contributed by atoms with van der Waals surface area (Å²) in [6, 6.07) is 16.7. The Kier molecular flexibility index (Phi) is 6.20. The number of para-hydroxylation sites is 1. The van der Waals surface area contributed by atoms with Crippen LogP contribution in [0.4, 0.5) is 4.79 Å². The van der Waals surface area contributed by atoms with E-state index in [-0.39, 0.29) is 12.0 Å². The maximum atomic E-state index is 13.1. The van der Waals surface area contributed by atoms with Crippen LogP contribution in [-0.2, 0) is 27.3 Å². The smallest absolute Gasteiger partial charge is 0.407 e. The number of aromatic amines is 1. The highest BCUT2D eigenvalue weighted by molar-refractivity contribution is 5.86. The van der Waals surface area contributed by atoms with E-state index in [1.165, 1.54) is 38.5 Å². The molecule has 6 heteroatoms. The maximum Gasteiger partial charge on any atom is 0.407 e. The standard InChI is InChI=1S/C30H34N2O4/c33-28(35-18-20-6-2-1-3-7-20)27(13-24-17-31-26-9-5-4-8-25(24)26)32-29(34)36-19-30-14-21-10-22(15-30)12-23(11-21)16-30/h1-9,17,21-23,27,31H,10-16,18-19H2,(H,32,34). The van der Waals surface area contributed by atoms with Crippen LogP contribution in [-0.4, -0.2) is 29.7 Å². The summed E-state index contributed by atoms with van der Waals surface area (Å²) in [4.78, 5) is 29.4. The Labute approximate surface area is 211 Å². The largest absolute Gasteiger partial charge is 0.459 e.